The van der Waals surface area contributed by atoms with Gasteiger partial charge in [-0.05, 0) is 31.1 Å². The molecule has 0 amide bonds. The van der Waals surface area contributed by atoms with E-state index in [1.54, 1.807) is 0 Å². The largest absolute Gasteiger partial charge is 0.481 e. The fourth-order valence-corrected chi connectivity index (χ4v) is 3.01. The minimum absolute atomic E-state index is 0.0165. The molecule has 0 heterocycles. The molecule has 122 valence electrons. The summed E-state index contributed by atoms with van der Waals surface area (Å²) in [5.41, 5.74) is 0. The smallest absolute Gasteiger partial charge is 0.309 e. The summed E-state index contributed by atoms with van der Waals surface area (Å²) in [6, 6.07) is 0. The van der Waals surface area contributed by atoms with E-state index in [9.17, 15) is 14.4 Å². The van der Waals surface area contributed by atoms with Crippen molar-refractivity contribution < 1.29 is 29.0 Å². The van der Waals surface area contributed by atoms with Crippen molar-refractivity contribution in [2.24, 2.45) is 17.8 Å². The van der Waals surface area contributed by atoms with Gasteiger partial charge >= 0.3 is 17.9 Å². The Hall–Kier alpha value is -1.85. The van der Waals surface area contributed by atoms with Crippen LogP contribution in [0.4, 0.5) is 0 Å². The molecule has 0 aromatic carbocycles. The van der Waals surface area contributed by atoms with Gasteiger partial charge in [-0.1, -0.05) is 19.1 Å². The molecule has 1 saturated carbocycles. The fraction of sp³-hybridized carbons (Fsp3) is 0.688. The number of ether oxygens (including phenoxy) is 2. The molecule has 22 heavy (non-hydrogen) atoms. The zero-order chi connectivity index (χ0) is 16.1. The molecule has 4 atom stereocenters. The van der Waals surface area contributed by atoms with E-state index in [-0.39, 0.29) is 37.3 Å². The molecule has 1 N–H and O–H groups in total. The molecule has 2 rings (SSSR count). The van der Waals surface area contributed by atoms with Crippen LogP contribution < -0.4 is 0 Å². The molecule has 0 aliphatic heterocycles. The van der Waals surface area contributed by atoms with Crippen LogP contribution in [0, 0.1) is 17.8 Å². The minimum atomic E-state index is -1.04. The molecule has 2 aliphatic rings. The van der Waals surface area contributed by atoms with Crippen LogP contribution in [0.25, 0.3) is 0 Å². The standard InChI is InChI=1S/C16H22O6/c1-2-12(9-21-15(19)6-5-14(17)18)22-16(20)13-8-10-3-4-11(13)7-10/h3-4,10-13H,2,5-9H2,1H3,(H,17,18). The third-order valence-electron chi connectivity index (χ3n) is 4.29. The highest BCUT2D eigenvalue weighted by Gasteiger charge is 2.41. The number of fused-ring (bicyclic) bond motifs is 2. The van der Waals surface area contributed by atoms with E-state index in [0.717, 1.165) is 12.8 Å². The van der Waals surface area contributed by atoms with Gasteiger partial charge in [-0.2, -0.15) is 0 Å². The van der Waals surface area contributed by atoms with Crippen molar-refractivity contribution in [3.8, 4) is 0 Å². The van der Waals surface area contributed by atoms with Gasteiger partial charge in [0.05, 0.1) is 18.8 Å². The maximum absolute atomic E-state index is 12.2. The van der Waals surface area contributed by atoms with Gasteiger partial charge in [0.25, 0.3) is 0 Å². The quantitative estimate of drug-likeness (QED) is 0.544. The van der Waals surface area contributed by atoms with Crippen LogP contribution in [0.1, 0.15) is 39.0 Å². The number of aliphatic carboxylic acids is 1. The lowest BCUT2D eigenvalue weighted by atomic mass is 9.94. The molecule has 4 unspecified atom stereocenters. The predicted octanol–water partition coefficient (Wildman–Crippen LogP) is 1.93. The second-order valence-corrected chi connectivity index (χ2v) is 5.93. The number of carboxylic acid groups (broad SMARTS) is 1. The third-order valence-corrected chi connectivity index (χ3v) is 4.29. The van der Waals surface area contributed by atoms with E-state index in [2.05, 4.69) is 12.2 Å². The highest BCUT2D eigenvalue weighted by molar-refractivity contribution is 5.76. The summed E-state index contributed by atoms with van der Waals surface area (Å²) in [4.78, 5) is 33.9. The minimum Gasteiger partial charge on any atom is -0.481 e. The molecule has 6 heteroatoms. The van der Waals surface area contributed by atoms with Crippen molar-refractivity contribution in [3.05, 3.63) is 12.2 Å². The van der Waals surface area contributed by atoms with E-state index < -0.39 is 18.0 Å². The fourth-order valence-electron chi connectivity index (χ4n) is 3.01. The summed E-state index contributed by atoms with van der Waals surface area (Å²) in [6.07, 6.45) is 5.78. The summed E-state index contributed by atoms with van der Waals surface area (Å²) >= 11 is 0. The summed E-state index contributed by atoms with van der Waals surface area (Å²) in [6.45, 7) is 1.83. The van der Waals surface area contributed by atoms with Crippen molar-refractivity contribution >= 4 is 17.9 Å². The van der Waals surface area contributed by atoms with Gasteiger partial charge in [0.2, 0.25) is 0 Å². The van der Waals surface area contributed by atoms with Crippen LogP contribution >= 0.6 is 0 Å². The predicted molar refractivity (Wildman–Crippen MR) is 76.8 cm³/mol. The molecule has 0 aromatic rings. The number of hydrogen-bond donors (Lipinski definition) is 1. The van der Waals surface area contributed by atoms with Crippen molar-refractivity contribution in [1.29, 1.82) is 0 Å². The van der Waals surface area contributed by atoms with E-state index in [1.165, 1.54) is 0 Å². The van der Waals surface area contributed by atoms with Crippen molar-refractivity contribution in [2.75, 3.05) is 6.61 Å². The van der Waals surface area contributed by atoms with E-state index in [1.807, 2.05) is 6.92 Å². The molecule has 2 bridgehead atoms. The van der Waals surface area contributed by atoms with Crippen molar-refractivity contribution in [2.45, 2.75) is 45.1 Å². The number of allylic oxidation sites excluding steroid dienone is 2. The Morgan fingerprint density at radius 1 is 1.23 bits per heavy atom. The van der Waals surface area contributed by atoms with Gasteiger partial charge in [-0.25, -0.2) is 0 Å². The van der Waals surface area contributed by atoms with Crippen molar-refractivity contribution in [1.82, 2.24) is 0 Å². The lowest BCUT2D eigenvalue weighted by Gasteiger charge is -2.21. The molecular weight excluding hydrogens is 288 g/mol. The summed E-state index contributed by atoms with van der Waals surface area (Å²) in [5, 5.41) is 8.50. The Morgan fingerprint density at radius 3 is 2.55 bits per heavy atom. The first-order valence-corrected chi connectivity index (χ1v) is 7.75. The van der Waals surface area contributed by atoms with Gasteiger partial charge in [0.15, 0.2) is 0 Å². The lowest BCUT2D eigenvalue weighted by molar-refractivity contribution is -0.163. The van der Waals surface area contributed by atoms with Gasteiger partial charge in [0, 0.05) is 0 Å². The van der Waals surface area contributed by atoms with E-state index >= 15 is 0 Å². The Bertz CT molecular complexity index is 469. The molecule has 1 fully saturated rings. The van der Waals surface area contributed by atoms with Crippen LogP contribution in [0.15, 0.2) is 12.2 Å². The first kappa shape index (κ1) is 16.5. The SMILES string of the molecule is CCC(COC(=O)CCC(=O)O)OC(=O)C1CC2C=CC1C2. The summed E-state index contributed by atoms with van der Waals surface area (Å²) < 4.78 is 10.4. The molecular formula is C16H22O6. The molecule has 0 spiro atoms. The van der Waals surface area contributed by atoms with Gasteiger partial charge in [-0.15, -0.1) is 0 Å². The topological polar surface area (TPSA) is 89.9 Å². The Kier molecular flexibility index (Phi) is 5.57. The zero-order valence-corrected chi connectivity index (χ0v) is 12.7. The Labute approximate surface area is 129 Å². The maximum Gasteiger partial charge on any atom is 0.309 e. The third kappa shape index (κ3) is 4.32. The molecule has 6 nitrogen and oxygen atoms in total. The first-order chi connectivity index (χ1) is 10.5. The van der Waals surface area contributed by atoms with Gasteiger partial charge < -0.3 is 14.6 Å². The van der Waals surface area contributed by atoms with E-state index in [0.29, 0.717) is 12.3 Å². The number of carbonyl (C=O) groups is 3. The molecule has 2 aliphatic carbocycles. The maximum atomic E-state index is 12.2. The average molecular weight is 310 g/mol. The Morgan fingerprint density at radius 2 is 2.00 bits per heavy atom. The highest BCUT2D eigenvalue weighted by Crippen LogP contribution is 2.44. The monoisotopic (exact) mass is 310 g/mol. The summed E-state index contributed by atoms with van der Waals surface area (Å²) in [7, 11) is 0. The zero-order valence-electron chi connectivity index (χ0n) is 12.7. The van der Waals surface area contributed by atoms with Crippen LogP contribution in [-0.2, 0) is 23.9 Å². The number of hydrogen-bond acceptors (Lipinski definition) is 5. The first-order valence-electron chi connectivity index (χ1n) is 7.75. The average Bonchev–Trinajstić information content (AvgIpc) is 3.11. The number of carboxylic acids is 1. The van der Waals surface area contributed by atoms with Crippen LogP contribution in [0.5, 0.6) is 0 Å². The van der Waals surface area contributed by atoms with Crippen LogP contribution in [0.3, 0.4) is 0 Å². The summed E-state index contributed by atoms with van der Waals surface area (Å²) in [5.74, 6) is -1.14. The molecule has 0 radical (unpaired) electrons. The van der Waals surface area contributed by atoms with Crippen molar-refractivity contribution in [3.63, 3.8) is 0 Å². The molecule has 0 saturated heterocycles. The Balaban J connectivity index is 1.72. The second-order valence-electron chi connectivity index (χ2n) is 5.93. The van der Waals surface area contributed by atoms with Crippen LogP contribution in [-0.4, -0.2) is 35.7 Å². The lowest BCUT2D eigenvalue weighted by Crippen LogP contribution is -2.30. The van der Waals surface area contributed by atoms with E-state index in [4.69, 9.17) is 14.6 Å². The number of esters is 2. The van der Waals surface area contributed by atoms with Gasteiger partial charge in [0.1, 0.15) is 12.7 Å². The number of rotatable bonds is 8. The van der Waals surface area contributed by atoms with Crippen LogP contribution in [0.2, 0.25) is 0 Å². The normalized spacial score (nSPS) is 26.7. The molecule has 0 aromatic heterocycles. The van der Waals surface area contributed by atoms with Gasteiger partial charge in [-0.3, -0.25) is 14.4 Å². The highest BCUT2D eigenvalue weighted by atomic mass is 16.6. The number of carbonyl (C=O) groups excluding carboxylic acids is 2. The second kappa shape index (κ2) is 7.42.